The van der Waals surface area contributed by atoms with Crippen LogP contribution in [0.1, 0.15) is 36.4 Å². The summed E-state index contributed by atoms with van der Waals surface area (Å²) in [6.07, 6.45) is 3.75. The summed E-state index contributed by atoms with van der Waals surface area (Å²) in [4.78, 5) is 13.2. The molecule has 96 valence electrons. The van der Waals surface area contributed by atoms with Crippen LogP contribution in [0.15, 0.2) is 18.2 Å². The Labute approximate surface area is 107 Å². The number of amides is 2. The number of hydrogen-bond donors (Lipinski definition) is 2. The number of benzene rings is 1. The van der Waals surface area contributed by atoms with E-state index >= 15 is 0 Å². The number of anilines is 1. The lowest BCUT2D eigenvalue weighted by Crippen LogP contribution is -2.35. The number of hydrogen-bond acceptors (Lipinski definition) is 2. The molecular formula is C14H19N3O. The normalized spacial score (nSPS) is 20.3. The smallest absolute Gasteiger partial charge is 0.321 e. The molecule has 1 atom stereocenters. The number of nitrogens with one attached hydrogen (secondary N) is 1. The van der Waals surface area contributed by atoms with E-state index in [1.807, 2.05) is 12.1 Å². The lowest BCUT2D eigenvalue weighted by atomic mass is 9.98. The highest BCUT2D eigenvalue weighted by Gasteiger charge is 2.25. The van der Waals surface area contributed by atoms with Crippen LogP contribution < -0.4 is 11.1 Å². The second-order valence-electron chi connectivity index (χ2n) is 5.49. The summed E-state index contributed by atoms with van der Waals surface area (Å²) in [5, 5.41) is 2.88. The Bertz CT molecular complexity index is 482. The van der Waals surface area contributed by atoms with Gasteiger partial charge in [-0.3, -0.25) is 0 Å². The highest BCUT2D eigenvalue weighted by Crippen LogP contribution is 2.37. The third-order valence-electron chi connectivity index (χ3n) is 3.84. The SMILES string of the molecule is CN1Cc2cc(C(N)CC3CC3)ccc2NC1=O. The zero-order valence-electron chi connectivity index (χ0n) is 10.6. The van der Waals surface area contributed by atoms with Gasteiger partial charge in [0.2, 0.25) is 0 Å². The van der Waals surface area contributed by atoms with Crippen molar-refractivity contribution in [2.45, 2.75) is 31.8 Å². The first-order valence-corrected chi connectivity index (χ1v) is 6.54. The van der Waals surface area contributed by atoms with Gasteiger partial charge in [-0.15, -0.1) is 0 Å². The largest absolute Gasteiger partial charge is 0.324 e. The molecule has 1 aromatic rings. The van der Waals surface area contributed by atoms with Crippen molar-refractivity contribution in [3.63, 3.8) is 0 Å². The maximum absolute atomic E-state index is 11.5. The van der Waals surface area contributed by atoms with Gasteiger partial charge in [-0.2, -0.15) is 0 Å². The van der Waals surface area contributed by atoms with Crippen LogP contribution in [0.25, 0.3) is 0 Å². The van der Waals surface area contributed by atoms with Crippen molar-refractivity contribution in [2.75, 3.05) is 12.4 Å². The highest BCUT2D eigenvalue weighted by molar-refractivity contribution is 5.92. The van der Waals surface area contributed by atoms with Crippen LogP contribution in [0.4, 0.5) is 10.5 Å². The molecule has 0 aromatic heterocycles. The lowest BCUT2D eigenvalue weighted by Gasteiger charge is -2.27. The second kappa shape index (κ2) is 4.28. The molecule has 1 aromatic carbocycles. The van der Waals surface area contributed by atoms with E-state index in [1.165, 1.54) is 18.4 Å². The fourth-order valence-corrected chi connectivity index (χ4v) is 2.48. The predicted molar refractivity (Wildman–Crippen MR) is 71.2 cm³/mol. The topological polar surface area (TPSA) is 58.4 Å². The van der Waals surface area contributed by atoms with Gasteiger partial charge in [0, 0.05) is 25.3 Å². The van der Waals surface area contributed by atoms with Gasteiger partial charge < -0.3 is 16.0 Å². The molecule has 1 unspecified atom stereocenters. The Morgan fingerprint density at radius 2 is 2.28 bits per heavy atom. The van der Waals surface area contributed by atoms with Crippen LogP contribution in [0.2, 0.25) is 0 Å². The van der Waals surface area contributed by atoms with Crippen molar-refractivity contribution in [3.05, 3.63) is 29.3 Å². The Morgan fingerprint density at radius 3 is 3.00 bits per heavy atom. The molecule has 4 heteroatoms. The number of nitrogens with zero attached hydrogens (tertiary/aromatic N) is 1. The third kappa shape index (κ3) is 2.20. The summed E-state index contributed by atoms with van der Waals surface area (Å²) in [6, 6.07) is 6.24. The number of fused-ring (bicyclic) bond motifs is 1. The average molecular weight is 245 g/mol. The van der Waals surface area contributed by atoms with E-state index in [1.54, 1.807) is 11.9 Å². The van der Waals surface area contributed by atoms with Crippen molar-refractivity contribution in [2.24, 2.45) is 11.7 Å². The van der Waals surface area contributed by atoms with Crippen molar-refractivity contribution in [3.8, 4) is 0 Å². The molecule has 0 bridgehead atoms. The van der Waals surface area contributed by atoms with Crippen molar-refractivity contribution in [1.29, 1.82) is 0 Å². The molecule has 2 aliphatic rings. The molecule has 3 N–H and O–H groups in total. The summed E-state index contributed by atoms with van der Waals surface area (Å²) >= 11 is 0. The zero-order chi connectivity index (χ0) is 12.7. The van der Waals surface area contributed by atoms with Gasteiger partial charge >= 0.3 is 6.03 Å². The van der Waals surface area contributed by atoms with E-state index < -0.39 is 0 Å². The molecule has 1 saturated carbocycles. The third-order valence-corrected chi connectivity index (χ3v) is 3.84. The van der Waals surface area contributed by atoms with E-state index in [-0.39, 0.29) is 12.1 Å². The fraction of sp³-hybridized carbons (Fsp3) is 0.500. The molecule has 3 rings (SSSR count). The molecule has 1 aliphatic carbocycles. The van der Waals surface area contributed by atoms with Gasteiger partial charge in [0.1, 0.15) is 0 Å². The zero-order valence-corrected chi connectivity index (χ0v) is 10.6. The maximum Gasteiger partial charge on any atom is 0.321 e. The summed E-state index contributed by atoms with van der Waals surface area (Å²) in [5.74, 6) is 0.832. The first-order valence-electron chi connectivity index (χ1n) is 6.54. The molecule has 1 heterocycles. The average Bonchev–Trinajstić information content (AvgIpc) is 3.14. The Hall–Kier alpha value is -1.55. The molecule has 1 aliphatic heterocycles. The van der Waals surface area contributed by atoms with Crippen LogP contribution in [0, 0.1) is 5.92 Å². The molecule has 0 saturated heterocycles. The minimum absolute atomic E-state index is 0.0440. The second-order valence-corrected chi connectivity index (χ2v) is 5.49. The minimum Gasteiger partial charge on any atom is -0.324 e. The monoisotopic (exact) mass is 245 g/mol. The molecule has 0 spiro atoms. The van der Waals surface area contributed by atoms with E-state index in [0.29, 0.717) is 6.54 Å². The van der Waals surface area contributed by atoms with Crippen LogP contribution >= 0.6 is 0 Å². The predicted octanol–water partition coefficient (Wildman–Crippen LogP) is 2.46. The van der Waals surface area contributed by atoms with Gasteiger partial charge in [0.25, 0.3) is 0 Å². The van der Waals surface area contributed by atoms with Gasteiger partial charge in [0.15, 0.2) is 0 Å². The summed E-state index contributed by atoms with van der Waals surface area (Å²) < 4.78 is 0. The van der Waals surface area contributed by atoms with Gasteiger partial charge in [-0.1, -0.05) is 25.0 Å². The molecule has 4 nitrogen and oxygen atoms in total. The summed E-state index contributed by atoms with van der Waals surface area (Å²) in [7, 11) is 1.80. The van der Waals surface area contributed by atoms with Gasteiger partial charge in [-0.25, -0.2) is 4.79 Å². The molecule has 2 amide bonds. The number of nitrogens with two attached hydrogens (primary N) is 1. The van der Waals surface area contributed by atoms with Crippen LogP contribution in [-0.4, -0.2) is 18.0 Å². The summed E-state index contributed by atoms with van der Waals surface area (Å²) in [5.41, 5.74) is 9.49. The molecule has 0 radical (unpaired) electrons. The van der Waals surface area contributed by atoms with Crippen LogP contribution in [0.3, 0.4) is 0 Å². The quantitative estimate of drug-likeness (QED) is 0.859. The van der Waals surface area contributed by atoms with Crippen LogP contribution in [0.5, 0.6) is 0 Å². The van der Waals surface area contributed by atoms with E-state index in [0.717, 1.165) is 23.6 Å². The van der Waals surface area contributed by atoms with Gasteiger partial charge in [0.05, 0.1) is 0 Å². The van der Waals surface area contributed by atoms with E-state index in [2.05, 4.69) is 11.4 Å². The number of carbonyl (C=O) groups excluding carboxylic acids is 1. The number of rotatable bonds is 3. The lowest BCUT2D eigenvalue weighted by molar-refractivity contribution is 0.218. The number of carbonyl (C=O) groups is 1. The first-order chi connectivity index (χ1) is 8.63. The Balaban J connectivity index is 1.81. The van der Waals surface area contributed by atoms with Crippen LogP contribution in [-0.2, 0) is 6.54 Å². The molecule has 1 fully saturated rings. The van der Waals surface area contributed by atoms with Gasteiger partial charge in [-0.05, 0) is 29.5 Å². The number of urea groups is 1. The maximum atomic E-state index is 11.5. The Morgan fingerprint density at radius 1 is 1.50 bits per heavy atom. The fourth-order valence-electron chi connectivity index (χ4n) is 2.48. The van der Waals surface area contributed by atoms with E-state index in [9.17, 15) is 4.79 Å². The van der Waals surface area contributed by atoms with Crippen molar-refractivity contribution in [1.82, 2.24) is 4.90 Å². The standard InChI is InChI=1S/C14H19N3O/c1-17-8-11-7-10(12(15)6-9-2-3-9)4-5-13(11)16-14(17)18/h4-5,7,9,12H,2-3,6,8,15H2,1H3,(H,16,18). The highest BCUT2D eigenvalue weighted by atomic mass is 16.2. The molecule has 18 heavy (non-hydrogen) atoms. The van der Waals surface area contributed by atoms with E-state index in [4.69, 9.17) is 5.73 Å². The van der Waals surface area contributed by atoms with Crippen molar-refractivity contribution >= 4 is 11.7 Å². The first kappa shape index (κ1) is 11.5. The molecular weight excluding hydrogens is 226 g/mol. The summed E-state index contributed by atoms with van der Waals surface area (Å²) in [6.45, 7) is 0.658. The Kier molecular flexibility index (Phi) is 2.74. The minimum atomic E-state index is -0.0440. The van der Waals surface area contributed by atoms with Crippen molar-refractivity contribution < 1.29 is 4.79 Å².